The molecule has 1 aliphatic rings. The fourth-order valence-electron chi connectivity index (χ4n) is 3.92. The molecule has 2 aromatic carbocycles. The van der Waals surface area contributed by atoms with Crippen molar-refractivity contribution in [3.05, 3.63) is 70.3 Å². The first-order valence-corrected chi connectivity index (χ1v) is 9.97. The average Bonchev–Trinajstić information content (AvgIpc) is 2.77. The van der Waals surface area contributed by atoms with Crippen LogP contribution in [0, 0.1) is 0 Å². The Morgan fingerprint density at radius 1 is 1.06 bits per heavy atom. The van der Waals surface area contributed by atoms with E-state index in [1.54, 1.807) is 0 Å². The number of aliphatic hydroxyl groups is 2. The molecule has 3 N–H and O–H groups in total. The maximum absolute atomic E-state index is 13.4. The number of carbonyl (C=O) groups excluding carboxylic acids is 2. The smallest absolute Gasteiger partial charge is 0.394 e. The standard InChI is InChI=1S/C22H20F6N2O4/c1-30-18(11-6-12(21(23,24)25)8-13(7-11)22(26,27)28)17(19(33)29-9-14(32)10-31)15-4-2-3-5-16(15)20(30)34/h2-8,14,17-18,31-32H,9-10H2,1H3,(H,29,33). The summed E-state index contributed by atoms with van der Waals surface area (Å²) in [6, 6.07) is 5.18. The lowest BCUT2D eigenvalue weighted by atomic mass is 9.78. The molecule has 184 valence electrons. The number of nitrogens with zero attached hydrogens (tertiary/aromatic N) is 1. The minimum absolute atomic E-state index is 0.0330. The summed E-state index contributed by atoms with van der Waals surface area (Å²) < 4.78 is 80.7. The number of hydrogen-bond acceptors (Lipinski definition) is 4. The van der Waals surface area contributed by atoms with E-state index in [0.29, 0.717) is 12.1 Å². The molecule has 1 aliphatic heterocycles. The van der Waals surface area contributed by atoms with Gasteiger partial charge in [0.05, 0.1) is 35.8 Å². The van der Waals surface area contributed by atoms with Crippen LogP contribution >= 0.6 is 0 Å². The van der Waals surface area contributed by atoms with Crippen molar-refractivity contribution in [2.24, 2.45) is 0 Å². The zero-order chi connectivity index (χ0) is 25.4. The number of hydrogen-bond donors (Lipinski definition) is 3. The molecule has 6 nitrogen and oxygen atoms in total. The summed E-state index contributed by atoms with van der Waals surface area (Å²) in [4.78, 5) is 26.9. The topological polar surface area (TPSA) is 89.9 Å². The molecule has 0 bridgehead atoms. The first-order valence-electron chi connectivity index (χ1n) is 9.97. The summed E-state index contributed by atoms with van der Waals surface area (Å²) in [5, 5.41) is 20.9. The van der Waals surface area contributed by atoms with Crippen molar-refractivity contribution >= 4 is 11.8 Å². The van der Waals surface area contributed by atoms with E-state index in [0.717, 1.165) is 4.90 Å². The third kappa shape index (κ3) is 5.02. The molecule has 0 saturated carbocycles. The Morgan fingerprint density at radius 3 is 2.15 bits per heavy atom. The zero-order valence-electron chi connectivity index (χ0n) is 17.6. The number of nitrogens with one attached hydrogen (secondary N) is 1. The van der Waals surface area contributed by atoms with Crippen LogP contribution in [0.2, 0.25) is 0 Å². The van der Waals surface area contributed by atoms with Crippen molar-refractivity contribution < 1.29 is 46.1 Å². The number of fused-ring (bicyclic) bond motifs is 1. The molecule has 3 unspecified atom stereocenters. The molecule has 3 rings (SSSR count). The van der Waals surface area contributed by atoms with E-state index in [1.165, 1.54) is 31.3 Å². The van der Waals surface area contributed by atoms with E-state index in [1.807, 2.05) is 0 Å². The van der Waals surface area contributed by atoms with Gasteiger partial charge in [0.1, 0.15) is 0 Å². The monoisotopic (exact) mass is 490 g/mol. The van der Waals surface area contributed by atoms with Gasteiger partial charge in [0.25, 0.3) is 5.91 Å². The van der Waals surface area contributed by atoms with Gasteiger partial charge in [-0.15, -0.1) is 0 Å². The van der Waals surface area contributed by atoms with Gasteiger partial charge in [0.2, 0.25) is 5.91 Å². The molecule has 12 heteroatoms. The molecule has 1 heterocycles. The van der Waals surface area contributed by atoms with E-state index in [-0.39, 0.29) is 17.2 Å². The number of halogens is 6. The number of alkyl halides is 6. The van der Waals surface area contributed by atoms with Gasteiger partial charge in [-0.1, -0.05) is 18.2 Å². The molecule has 2 aromatic rings. The second-order valence-electron chi connectivity index (χ2n) is 7.85. The quantitative estimate of drug-likeness (QED) is 0.562. The van der Waals surface area contributed by atoms with Crippen LogP contribution in [0.4, 0.5) is 26.3 Å². The lowest BCUT2D eigenvalue weighted by molar-refractivity contribution is -0.143. The molecule has 0 saturated heterocycles. The van der Waals surface area contributed by atoms with Crippen LogP contribution in [0.15, 0.2) is 42.5 Å². The molecule has 3 atom stereocenters. The Bertz CT molecular complexity index is 1050. The minimum Gasteiger partial charge on any atom is -0.394 e. The summed E-state index contributed by atoms with van der Waals surface area (Å²) in [5.74, 6) is -2.93. The predicted molar refractivity (Wildman–Crippen MR) is 107 cm³/mol. The molecule has 0 aromatic heterocycles. The Hall–Kier alpha value is -3.12. The Labute approximate surface area is 189 Å². The Balaban J connectivity index is 2.21. The zero-order valence-corrected chi connectivity index (χ0v) is 17.6. The number of amides is 2. The van der Waals surface area contributed by atoms with E-state index in [4.69, 9.17) is 5.11 Å². The molecule has 0 fully saturated rings. The van der Waals surface area contributed by atoms with Gasteiger partial charge in [-0.2, -0.15) is 26.3 Å². The first-order chi connectivity index (χ1) is 15.8. The van der Waals surface area contributed by atoms with E-state index >= 15 is 0 Å². The summed E-state index contributed by atoms with van der Waals surface area (Å²) in [6.45, 7) is -1.11. The maximum Gasteiger partial charge on any atom is 0.416 e. The number of likely N-dealkylation sites (N-methyl/N-ethyl adjacent to an activating group) is 1. The third-order valence-electron chi connectivity index (χ3n) is 5.54. The van der Waals surface area contributed by atoms with Crippen LogP contribution in [-0.4, -0.2) is 53.2 Å². The van der Waals surface area contributed by atoms with Crippen molar-refractivity contribution in [3.63, 3.8) is 0 Å². The SMILES string of the molecule is CN1C(=O)c2ccccc2C(C(=O)NCC(O)CO)C1c1cc(C(F)(F)F)cc(C(F)(F)F)c1. The second kappa shape index (κ2) is 9.26. The summed E-state index contributed by atoms with van der Waals surface area (Å²) in [5.41, 5.74) is -3.51. The molecule has 0 radical (unpaired) electrons. The van der Waals surface area contributed by atoms with Gasteiger partial charge in [-0.3, -0.25) is 9.59 Å². The van der Waals surface area contributed by atoms with E-state index in [2.05, 4.69) is 5.32 Å². The number of carbonyl (C=O) groups is 2. The second-order valence-corrected chi connectivity index (χ2v) is 7.85. The normalized spacial score (nSPS) is 19.6. The van der Waals surface area contributed by atoms with Crippen LogP contribution in [0.1, 0.15) is 44.6 Å². The summed E-state index contributed by atoms with van der Waals surface area (Å²) in [6.07, 6.45) is -11.6. The largest absolute Gasteiger partial charge is 0.416 e. The fourth-order valence-corrected chi connectivity index (χ4v) is 3.92. The molecular weight excluding hydrogens is 470 g/mol. The average molecular weight is 490 g/mol. The summed E-state index contributed by atoms with van der Waals surface area (Å²) >= 11 is 0. The highest BCUT2D eigenvalue weighted by Gasteiger charge is 2.45. The highest BCUT2D eigenvalue weighted by atomic mass is 19.4. The number of aliphatic hydroxyl groups excluding tert-OH is 2. The molecular formula is C22H20F6N2O4. The van der Waals surface area contributed by atoms with Gasteiger partial charge in [-0.25, -0.2) is 0 Å². The van der Waals surface area contributed by atoms with Crippen LogP contribution < -0.4 is 5.32 Å². The lowest BCUT2D eigenvalue weighted by Gasteiger charge is -2.40. The van der Waals surface area contributed by atoms with Crippen molar-refractivity contribution in [2.45, 2.75) is 30.4 Å². The molecule has 0 aliphatic carbocycles. The van der Waals surface area contributed by atoms with Crippen LogP contribution in [0.25, 0.3) is 0 Å². The maximum atomic E-state index is 13.4. The van der Waals surface area contributed by atoms with Gasteiger partial charge in [0, 0.05) is 19.2 Å². The molecule has 2 amide bonds. The van der Waals surface area contributed by atoms with E-state index < -0.39 is 72.1 Å². The number of rotatable bonds is 5. The third-order valence-corrected chi connectivity index (χ3v) is 5.54. The lowest BCUT2D eigenvalue weighted by Crippen LogP contribution is -2.47. The van der Waals surface area contributed by atoms with Gasteiger partial charge >= 0.3 is 12.4 Å². The summed E-state index contributed by atoms with van der Waals surface area (Å²) in [7, 11) is 1.18. The fraction of sp³-hybridized carbons (Fsp3) is 0.364. The minimum atomic E-state index is -5.12. The highest BCUT2D eigenvalue weighted by molar-refractivity contribution is 6.01. The van der Waals surface area contributed by atoms with Crippen molar-refractivity contribution in [2.75, 3.05) is 20.2 Å². The van der Waals surface area contributed by atoms with Crippen molar-refractivity contribution in [1.82, 2.24) is 10.2 Å². The predicted octanol–water partition coefficient (Wildman–Crippen LogP) is 3.10. The number of benzene rings is 2. The molecule has 34 heavy (non-hydrogen) atoms. The highest BCUT2D eigenvalue weighted by Crippen LogP contribution is 2.45. The van der Waals surface area contributed by atoms with Crippen LogP contribution in [0.3, 0.4) is 0 Å². The Kier molecular flexibility index (Phi) is 6.94. The van der Waals surface area contributed by atoms with Gasteiger partial charge in [0.15, 0.2) is 0 Å². The van der Waals surface area contributed by atoms with Crippen molar-refractivity contribution in [3.8, 4) is 0 Å². The Morgan fingerprint density at radius 2 is 1.62 bits per heavy atom. The van der Waals surface area contributed by atoms with Crippen molar-refractivity contribution in [1.29, 1.82) is 0 Å². The van der Waals surface area contributed by atoms with Gasteiger partial charge in [-0.05, 0) is 35.4 Å². The first kappa shape index (κ1) is 25.5. The molecule has 0 spiro atoms. The van der Waals surface area contributed by atoms with Gasteiger partial charge < -0.3 is 20.4 Å². The van der Waals surface area contributed by atoms with Crippen LogP contribution in [0.5, 0.6) is 0 Å². The van der Waals surface area contributed by atoms with Crippen LogP contribution in [-0.2, 0) is 17.1 Å². The van der Waals surface area contributed by atoms with E-state index in [9.17, 15) is 41.0 Å².